The summed E-state index contributed by atoms with van der Waals surface area (Å²) in [6, 6.07) is 11.2. The van der Waals surface area contributed by atoms with Gasteiger partial charge in [-0.2, -0.15) is 0 Å². The minimum absolute atomic E-state index is 0.0144. The fourth-order valence-electron chi connectivity index (χ4n) is 1.57. The van der Waals surface area contributed by atoms with E-state index in [4.69, 9.17) is 11.6 Å². The Morgan fingerprint density at radius 1 is 1.22 bits per heavy atom. The molecule has 4 heteroatoms. The summed E-state index contributed by atoms with van der Waals surface area (Å²) < 4.78 is 13.6. The van der Waals surface area contributed by atoms with Crippen LogP contribution in [0.3, 0.4) is 0 Å². The van der Waals surface area contributed by atoms with E-state index in [0.717, 1.165) is 5.56 Å². The van der Waals surface area contributed by atoms with Gasteiger partial charge in [0.25, 0.3) is 5.91 Å². The topological polar surface area (TPSA) is 29.1 Å². The highest BCUT2D eigenvalue weighted by molar-refractivity contribution is 6.30. The first kappa shape index (κ1) is 12.6. The van der Waals surface area contributed by atoms with Crippen molar-refractivity contribution in [3.63, 3.8) is 0 Å². The maximum absolute atomic E-state index is 13.6. The molecule has 0 atom stereocenters. The minimum Gasteiger partial charge on any atom is -0.322 e. The van der Waals surface area contributed by atoms with Gasteiger partial charge in [-0.25, -0.2) is 4.39 Å². The zero-order valence-corrected chi connectivity index (χ0v) is 10.5. The van der Waals surface area contributed by atoms with E-state index in [9.17, 15) is 9.18 Å². The predicted octanol–water partition coefficient (Wildman–Crippen LogP) is 4.04. The number of carbonyl (C=O) groups excluding carboxylic acids is 1. The van der Waals surface area contributed by atoms with Crippen LogP contribution in [0.1, 0.15) is 15.9 Å². The van der Waals surface area contributed by atoms with Gasteiger partial charge >= 0.3 is 0 Å². The van der Waals surface area contributed by atoms with Crippen molar-refractivity contribution >= 4 is 23.2 Å². The Balaban J connectivity index is 2.22. The molecule has 0 heterocycles. The number of anilines is 1. The van der Waals surface area contributed by atoms with Crippen LogP contribution in [0.25, 0.3) is 0 Å². The summed E-state index contributed by atoms with van der Waals surface area (Å²) in [5.41, 5.74) is 1.32. The molecule has 0 bridgehead atoms. The molecule has 0 aliphatic rings. The average molecular weight is 264 g/mol. The number of hydrogen-bond acceptors (Lipinski definition) is 1. The van der Waals surface area contributed by atoms with E-state index in [1.165, 1.54) is 12.1 Å². The maximum atomic E-state index is 13.6. The van der Waals surface area contributed by atoms with E-state index >= 15 is 0 Å². The Morgan fingerprint density at radius 2 is 2.00 bits per heavy atom. The van der Waals surface area contributed by atoms with Crippen LogP contribution in [0.4, 0.5) is 10.1 Å². The SMILES string of the molecule is Cc1ccc(C(=O)Nc2cccc(Cl)c2)c(F)c1. The lowest BCUT2D eigenvalue weighted by molar-refractivity contribution is 0.102. The first-order valence-electron chi connectivity index (χ1n) is 5.39. The highest BCUT2D eigenvalue weighted by atomic mass is 35.5. The summed E-state index contributed by atoms with van der Waals surface area (Å²) in [7, 11) is 0. The fourth-order valence-corrected chi connectivity index (χ4v) is 1.76. The van der Waals surface area contributed by atoms with Crippen LogP contribution in [0.5, 0.6) is 0 Å². The van der Waals surface area contributed by atoms with Crippen LogP contribution in [0, 0.1) is 12.7 Å². The van der Waals surface area contributed by atoms with Gasteiger partial charge in [0.05, 0.1) is 5.56 Å². The molecule has 0 saturated carbocycles. The summed E-state index contributed by atoms with van der Waals surface area (Å²) in [6.07, 6.45) is 0. The Hall–Kier alpha value is -1.87. The molecule has 0 aromatic heterocycles. The van der Waals surface area contributed by atoms with Gasteiger partial charge < -0.3 is 5.32 Å². The lowest BCUT2D eigenvalue weighted by atomic mass is 10.1. The maximum Gasteiger partial charge on any atom is 0.258 e. The third kappa shape index (κ3) is 2.87. The highest BCUT2D eigenvalue weighted by Gasteiger charge is 2.11. The van der Waals surface area contributed by atoms with E-state index in [-0.39, 0.29) is 5.56 Å². The van der Waals surface area contributed by atoms with Crippen LogP contribution in [0.2, 0.25) is 5.02 Å². The first-order chi connectivity index (χ1) is 8.56. The zero-order valence-electron chi connectivity index (χ0n) is 9.71. The summed E-state index contributed by atoms with van der Waals surface area (Å²) in [4.78, 5) is 11.9. The minimum atomic E-state index is -0.533. The summed E-state index contributed by atoms with van der Waals surface area (Å²) in [5.74, 6) is -1.02. The number of hydrogen-bond donors (Lipinski definition) is 1. The second kappa shape index (κ2) is 5.19. The number of aryl methyl sites for hydroxylation is 1. The van der Waals surface area contributed by atoms with Crippen molar-refractivity contribution in [2.45, 2.75) is 6.92 Å². The van der Waals surface area contributed by atoms with Gasteiger partial charge in [0, 0.05) is 10.7 Å². The second-order valence-electron chi connectivity index (χ2n) is 3.95. The zero-order chi connectivity index (χ0) is 13.1. The Bertz CT molecular complexity index is 598. The molecule has 0 spiro atoms. The molecule has 2 aromatic rings. The number of benzene rings is 2. The normalized spacial score (nSPS) is 10.2. The van der Waals surface area contributed by atoms with Crippen LogP contribution < -0.4 is 5.32 Å². The molecule has 0 aliphatic heterocycles. The van der Waals surface area contributed by atoms with E-state index in [1.807, 2.05) is 0 Å². The standard InChI is InChI=1S/C14H11ClFNO/c1-9-5-6-12(13(16)7-9)14(18)17-11-4-2-3-10(15)8-11/h2-8H,1H3,(H,17,18). The molecule has 92 valence electrons. The molecular weight excluding hydrogens is 253 g/mol. The quantitative estimate of drug-likeness (QED) is 0.870. The monoisotopic (exact) mass is 263 g/mol. The van der Waals surface area contributed by atoms with Gasteiger partial charge in [0.1, 0.15) is 5.82 Å². The molecule has 0 unspecified atom stereocenters. The molecule has 1 N–H and O–H groups in total. The highest BCUT2D eigenvalue weighted by Crippen LogP contribution is 2.17. The van der Waals surface area contributed by atoms with E-state index < -0.39 is 11.7 Å². The van der Waals surface area contributed by atoms with Gasteiger partial charge in [-0.15, -0.1) is 0 Å². The van der Waals surface area contributed by atoms with E-state index in [2.05, 4.69) is 5.32 Å². The van der Waals surface area contributed by atoms with Crippen molar-refractivity contribution in [1.82, 2.24) is 0 Å². The van der Waals surface area contributed by atoms with Gasteiger partial charge in [-0.3, -0.25) is 4.79 Å². The molecule has 2 aromatic carbocycles. The van der Waals surface area contributed by atoms with Crippen molar-refractivity contribution in [2.24, 2.45) is 0 Å². The third-order valence-corrected chi connectivity index (χ3v) is 2.69. The van der Waals surface area contributed by atoms with Crippen molar-refractivity contribution in [1.29, 1.82) is 0 Å². The van der Waals surface area contributed by atoms with Crippen LogP contribution >= 0.6 is 11.6 Å². The molecule has 0 aliphatic carbocycles. The van der Waals surface area contributed by atoms with Gasteiger partial charge in [-0.1, -0.05) is 23.7 Å². The van der Waals surface area contributed by atoms with Crippen LogP contribution in [-0.4, -0.2) is 5.91 Å². The van der Waals surface area contributed by atoms with E-state index in [1.54, 1.807) is 37.3 Å². The third-order valence-electron chi connectivity index (χ3n) is 2.45. The summed E-state index contributed by atoms with van der Waals surface area (Å²) in [6.45, 7) is 1.77. The number of rotatable bonds is 2. The smallest absolute Gasteiger partial charge is 0.258 e. The fraction of sp³-hybridized carbons (Fsp3) is 0.0714. The average Bonchev–Trinajstić information content (AvgIpc) is 2.28. The van der Waals surface area contributed by atoms with Gasteiger partial charge in [-0.05, 0) is 42.8 Å². The van der Waals surface area contributed by atoms with Crippen molar-refractivity contribution < 1.29 is 9.18 Å². The Labute approximate surface area is 109 Å². The first-order valence-corrected chi connectivity index (χ1v) is 5.77. The predicted molar refractivity (Wildman–Crippen MR) is 70.5 cm³/mol. The molecule has 2 rings (SSSR count). The molecule has 2 nitrogen and oxygen atoms in total. The summed E-state index contributed by atoms with van der Waals surface area (Å²) in [5, 5.41) is 3.11. The van der Waals surface area contributed by atoms with Crippen molar-refractivity contribution in [3.8, 4) is 0 Å². The number of halogens is 2. The Kier molecular flexibility index (Phi) is 3.63. The lowest BCUT2D eigenvalue weighted by Crippen LogP contribution is -2.13. The van der Waals surface area contributed by atoms with Crippen molar-refractivity contribution in [3.05, 3.63) is 64.4 Å². The molecule has 18 heavy (non-hydrogen) atoms. The van der Waals surface area contributed by atoms with E-state index in [0.29, 0.717) is 10.7 Å². The summed E-state index contributed by atoms with van der Waals surface area (Å²) >= 11 is 5.80. The molecule has 0 fully saturated rings. The Morgan fingerprint density at radius 3 is 2.67 bits per heavy atom. The van der Waals surface area contributed by atoms with Crippen LogP contribution in [0.15, 0.2) is 42.5 Å². The largest absolute Gasteiger partial charge is 0.322 e. The number of nitrogens with one attached hydrogen (secondary N) is 1. The number of amides is 1. The van der Waals surface area contributed by atoms with Crippen molar-refractivity contribution in [2.75, 3.05) is 5.32 Å². The molecule has 0 radical (unpaired) electrons. The number of carbonyl (C=O) groups is 1. The van der Waals surface area contributed by atoms with Gasteiger partial charge in [0.2, 0.25) is 0 Å². The molecule has 0 saturated heterocycles. The van der Waals surface area contributed by atoms with Gasteiger partial charge in [0.15, 0.2) is 0 Å². The molecular formula is C14H11ClFNO. The second-order valence-corrected chi connectivity index (χ2v) is 4.38. The van der Waals surface area contributed by atoms with Crippen LogP contribution in [-0.2, 0) is 0 Å². The lowest BCUT2D eigenvalue weighted by Gasteiger charge is -2.06. The molecule has 1 amide bonds.